The van der Waals surface area contributed by atoms with Gasteiger partial charge in [-0.3, -0.25) is 0 Å². The van der Waals surface area contributed by atoms with Crippen molar-refractivity contribution in [3.05, 3.63) is 65.7 Å². The lowest BCUT2D eigenvalue weighted by atomic mass is 10.1. The van der Waals surface area contributed by atoms with Crippen LogP contribution in [-0.4, -0.2) is 6.26 Å². The molecular weight excluding hydrogens is 269 g/mol. The van der Waals surface area contributed by atoms with Gasteiger partial charge in [0.25, 0.3) is 0 Å². The van der Waals surface area contributed by atoms with E-state index in [2.05, 4.69) is 6.26 Å². The summed E-state index contributed by atoms with van der Waals surface area (Å²) in [5.41, 5.74) is 0.342. The lowest BCUT2D eigenvalue weighted by Crippen LogP contribution is -2.06. The van der Waals surface area contributed by atoms with Crippen LogP contribution in [0.1, 0.15) is 11.1 Å². The molecule has 1 unspecified atom stereocenters. The van der Waals surface area contributed by atoms with E-state index in [0.29, 0.717) is 0 Å². The van der Waals surface area contributed by atoms with Gasteiger partial charge in [-0.15, -0.1) is 0 Å². The number of rotatable bonds is 3. The third-order valence-electron chi connectivity index (χ3n) is 2.81. The Balaban J connectivity index is 2.08. The van der Waals surface area contributed by atoms with Gasteiger partial charge < -0.3 is 0 Å². The maximum absolute atomic E-state index is 12.4. The first-order chi connectivity index (χ1) is 8.97. The van der Waals surface area contributed by atoms with Crippen molar-refractivity contribution in [2.75, 3.05) is 6.26 Å². The Morgan fingerprint density at radius 2 is 1.47 bits per heavy atom. The van der Waals surface area contributed by atoms with Crippen LogP contribution in [0.25, 0.3) is 0 Å². The van der Waals surface area contributed by atoms with Crippen LogP contribution in [0, 0.1) is 0 Å². The second-order valence-electron chi connectivity index (χ2n) is 4.29. The summed E-state index contributed by atoms with van der Waals surface area (Å²) in [7, 11) is 0.00660. The summed E-state index contributed by atoms with van der Waals surface area (Å²) in [6.45, 7) is 0. The number of alkyl halides is 3. The maximum Gasteiger partial charge on any atom is 0.416 e. The Labute approximate surface area is 113 Å². The molecule has 0 nitrogen and oxygen atoms in total. The molecule has 0 N–H and O–H groups in total. The molecule has 0 aromatic heterocycles. The number of halogens is 3. The molecule has 2 rings (SSSR count). The second-order valence-corrected chi connectivity index (χ2v) is 6.32. The molecule has 0 radical (unpaired) electrons. The summed E-state index contributed by atoms with van der Waals surface area (Å²) in [5, 5.41) is 0. The molecule has 0 fully saturated rings. The van der Waals surface area contributed by atoms with Crippen molar-refractivity contribution in [2.45, 2.75) is 16.8 Å². The van der Waals surface area contributed by atoms with Gasteiger partial charge in [-0.05, 0) is 24.3 Å². The Morgan fingerprint density at radius 1 is 0.895 bits per heavy atom. The first-order valence-electron chi connectivity index (χ1n) is 5.80. The highest BCUT2D eigenvalue weighted by atomic mass is 32.2. The molecule has 0 aliphatic rings. The fraction of sp³-hybridized carbons (Fsp3) is 0.200. The van der Waals surface area contributed by atoms with Gasteiger partial charge in [0.05, 0.1) is 5.56 Å². The van der Waals surface area contributed by atoms with Crippen molar-refractivity contribution in [1.82, 2.24) is 0 Å². The standard InChI is InChI=1S/C15H14F3S/c1-19(14-5-3-2-4-6-14)11-12-7-9-13(10-8-12)15(16,17)18/h2-10H,11H2,1H3/q+1. The van der Waals surface area contributed by atoms with Gasteiger partial charge in [0.1, 0.15) is 12.0 Å². The average molecular weight is 283 g/mol. The molecular formula is C15H14F3S+. The van der Waals surface area contributed by atoms with Crippen molar-refractivity contribution in [3.63, 3.8) is 0 Å². The predicted octanol–water partition coefficient (Wildman–Crippen LogP) is 4.51. The molecule has 0 amide bonds. The number of hydrogen-bond donors (Lipinski definition) is 0. The molecule has 1 atom stereocenters. The zero-order chi connectivity index (χ0) is 13.9. The molecule has 0 saturated heterocycles. The van der Waals surface area contributed by atoms with Crippen LogP contribution >= 0.6 is 0 Å². The van der Waals surface area contributed by atoms with Crippen molar-refractivity contribution < 1.29 is 13.2 Å². The van der Waals surface area contributed by atoms with Gasteiger partial charge in [0.2, 0.25) is 0 Å². The molecule has 0 bridgehead atoms. The highest BCUT2D eigenvalue weighted by Gasteiger charge is 2.30. The number of hydrogen-bond acceptors (Lipinski definition) is 0. The molecule has 100 valence electrons. The highest BCUT2D eigenvalue weighted by Crippen LogP contribution is 2.29. The van der Waals surface area contributed by atoms with Crippen LogP contribution in [0.15, 0.2) is 59.5 Å². The lowest BCUT2D eigenvalue weighted by molar-refractivity contribution is -0.137. The van der Waals surface area contributed by atoms with Gasteiger partial charge >= 0.3 is 6.18 Å². The van der Waals surface area contributed by atoms with Gasteiger partial charge in [-0.2, -0.15) is 13.2 Å². The summed E-state index contributed by atoms with van der Waals surface area (Å²) in [6.07, 6.45) is -2.15. The fourth-order valence-corrected chi connectivity index (χ4v) is 3.26. The van der Waals surface area contributed by atoms with Crippen LogP contribution in [0.5, 0.6) is 0 Å². The predicted molar refractivity (Wildman–Crippen MR) is 73.1 cm³/mol. The van der Waals surface area contributed by atoms with E-state index < -0.39 is 11.7 Å². The first-order valence-corrected chi connectivity index (χ1v) is 7.61. The second kappa shape index (κ2) is 5.70. The SMILES string of the molecule is C[S+](Cc1ccc(C(F)(F)F)cc1)c1ccccc1. The zero-order valence-electron chi connectivity index (χ0n) is 10.4. The van der Waals surface area contributed by atoms with E-state index in [1.54, 1.807) is 12.1 Å². The van der Waals surface area contributed by atoms with Crippen LogP contribution < -0.4 is 0 Å². The maximum atomic E-state index is 12.4. The van der Waals surface area contributed by atoms with Gasteiger partial charge in [0, 0.05) is 16.5 Å². The van der Waals surface area contributed by atoms with Crippen LogP contribution in [0.2, 0.25) is 0 Å². The minimum absolute atomic E-state index is 0.00660. The molecule has 2 aromatic carbocycles. The topological polar surface area (TPSA) is 0 Å². The van der Waals surface area contributed by atoms with Crippen LogP contribution in [-0.2, 0) is 22.8 Å². The van der Waals surface area contributed by atoms with Gasteiger partial charge in [-0.25, -0.2) is 0 Å². The van der Waals surface area contributed by atoms with E-state index in [1.165, 1.54) is 4.90 Å². The molecule has 19 heavy (non-hydrogen) atoms. The van der Waals surface area contributed by atoms with E-state index in [0.717, 1.165) is 23.4 Å². The van der Waals surface area contributed by atoms with Crippen molar-refractivity contribution in [2.24, 2.45) is 0 Å². The van der Waals surface area contributed by atoms with E-state index in [4.69, 9.17) is 0 Å². The average Bonchev–Trinajstić information content (AvgIpc) is 2.39. The third kappa shape index (κ3) is 3.77. The van der Waals surface area contributed by atoms with Crippen LogP contribution in [0.3, 0.4) is 0 Å². The summed E-state index contributed by atoms with van der Waals surface area (Å²) in [4.78, 5) is 1.22. The zero-order valence-corrected chi connectivity index (χ0v) is 11.3. The third-order valence-corrected chi connectivity index (χ3v) is 4.65. The van der Waals surface area contributed by atoms with Gasteiger partial charge in [0.15, 0.2) is 4.90 Å². The fourth-order valence-electron chi connectivity index (χ4n) is 1.78. The van der Waals surface area contributed by atoms with E-state index in [-0.39, 0.29) is 10.9 Å². The lowest BCUT2D eigenvalue weighted by Gasteiger charge is -2.07. The Kier molecular flexibility index (Phi) is 4.20. The van der Waals surface area contributed by atoms with E-state index >= 15 is 0 Å². The first kappa shape index (κ1) is 14.0. The van der Waals surface area contributed by atoms with Crippen molar-refractivity contribution in [1.29, 1.82) is 0 Å². The molecule has 0 spiro atoms. The van der Waals surface area contributed by atoms with Crippen LogP contribution in [0.4, 0.5) is 13.2 Å². The van der Waals surface area contributed by atoms with E-state index in [1.807, 2.05) is 30.3 Å². The van der Waals surface area contributed by atoms with Gasteiger partial charge in [-0.1, -0.05) is 30.3 Å². The Bertz CT molecular complexity index is 517. The summed E-state index contributed by atoms with van der Waals surface area (Å²) in [6, 6.07) is 15.4. The van der Waals surface area contributed by atoms with E-state index in [9.17, 15) is 13.2 Å². The minimum Gasteiger partial charge on any atom is -0.166 e. The Hall–Kier alpha value is -1.42. The quantitative estimate of drug-likeness (QED) is 0.727. The summed E-state index contributed by atoms with van der Waals surface area (Å²) in [5.74, 6) is 0.766. The molecule has 0 aliphatic heterocycles. The smallest absolute Gasteiger partial charge is 0.166 e. The monoisotopic (exact) mass is 283 g/mol. The Morgan fingerprint density at radius 3 is 2.00 bits per heavy atom. The van der Waals surface area contributed by atoms with Crippen molar-refractivity contribution >= 4 is 10.9 Å². The minimum atomic E-state index is -4.26. The van der Waals surface area contributed by atoms with Crippen molar-refractivity contribution in [3.8, 4) is 0 Å². The largest absolute Gasteiger partial charge is 0.416 e. The summed E-state index contributed by atoms with van der Waals surface area (Å²) < 4.78 is 37.3. The number of benzene rings is 2. The molecule has 0 saturated carbocycles. The molecule has 2 aromatic rings. The summed E-state index contributed by atoms with van der Waals surface area (Å²) >= 11 is 0. The highest BCUT2D eigenvalue weighted by molar-refractivity contribution is 7.95. The normalized spacial score (nSPS) is 13.3. The molecule has 0 heterocycles. The molecule has 0 aliphatic carbocycles. The molecule has 4 heteroatoms.